The van der Waals surface area contributed by atoms with Crippen molar-refractivity contribution in [3.63, 3.8) is 0 Å². The molecule has 1 rings (SSSR count). The Balaban J connectivity index is 2.08. The molecule has 18 heavy (non-hydrogen) atoms. The molecule has 2 unspecified atom stereocenters. The molecule has 4 heteroatoms. The van der Waals surface area contributed by atoms with Crippen molar-refractivity contribution < 1.29 is 19.3 Å². The third kappa shape index (κ3) is 5.22. The first-order chi connectivity index (χ1) is 8.58. The van der Waals surface area contributed by atoms with Crippen molar-refractivity contribution in [3.8, 4) is 0 Å². The SMILES string of the molecule is COCCCOCCOC1CCCC(C)(C)C1O. The van der Waals surface area contributed by atoms with Crippen LogP contribution in [0.3, 0.4) is 0 Å². The number of methoxy groups -OCH3 is 1. The molecule has 0 heterocycles. The Hall–Kier alpha value is -0.160. The zero-order valence-electron chi connectivity index (χ0n) is 12.0. The van der Waals surface area contributed by atoms with Gasteiger partial charge in [-0.1, -0.05) is 20.3 Å². The first-order valence-electron chi connectivity index (χ1n) is 6.94. The first kappa shape index (κ1) is 15.9. The van der Waals surface area contributed by atoms with Gasteiger partial charge >= 0.3 is 0 Å². The Kier molecular flexibility index (Phi) is 7.15. The molecular weight excluding hydrogens is 232 g/mol. The van der Waals surface area contributed by atoms with E-state index in [4.69, 9.17) is 14.2 Å². The number of aliphatic hydroxyl groups is 1. The molecule has 0 aliphatic heterocycles. The van der Waals surface area contributed by atoms with Gasteiger partial charge in [-0.3, -0.25) is 0 Å². The molecule has 4 nitrogen and oxygen atoms in total. The van der Waals surface area contributed by atoms with Crippen molar-refractivity contribution in [1.82, 2.24) is 0 Å². The lowest BCUT2D eigenvalue weighted by molar-refractivity contribution is -0.120. The third-order valence-electron chi connectivity index (χ3n) is 3.66. The van der Waals surface area contributed by atoms with Crippen LogP contribution in [0.2, 0.25) is 0 Å². The Labute approximate surface area is 111 Å². The van der Waals surface area contributed by atoms with E-state index in [0.717, 1.165) is 32.3 Å². The van der Waals surface area contributed by atoms with Gasteiger partial charge in [-0.2, -0.15) is 0 Å². The van der Waals surface area contributed by atoms with Gasteiger partial charge in [-0.25, -0.2) is 0 Å². The smallest absolute Gasteiger partial charge is 0.0852 e. The average Bonchev–Trinajstić information content (AvgIpc) is 2.33. The minimum absolute atomic E-state index is 0.0256. The molecule has 0 aromatic carbocycles. The third-order valence-corrected chi connectivity index (χ3v) is 3.66. The first-order valence-corrected chi connectivity index (χ1v) is 6.94. The quantitative estimate of drug-likeness (QED) is 0.678. The lowest BCUT2D eigenvalue weighted by Gasteiger charge is -2.40. The minimum atomic E-state index is -0.361. The summed E-state index contributed by atoms with van der Waals surface area (Å²) in [6, 6.07) is 0. The van der Waals surface area contributed by atoms with E-state index >= 15 is 0 Å². The van der Waals surface area contributed by atoms with E-state index in [9.17, 15) is 5.11 Å². The summed E-state index contributed by atoms with van der Waals surface area (Å²) in [5.41, 5.74) is -0.0256. The van der Waals surface area contributed by atoms with Gasteiger partial charge in [0.2, 0.25) is 0 Å². The fraction of sp³-hybridized carbons (Fsp3) is 1.00. The van der Waals surface area contributed by atoms with Gasteiger partial charge < -0.3 is 19.3 Å². The normalized spacial score (nSPS) is 27.3. The van der Waals surface area contributed by atoms with Gasteiger partial charge in [-0.05, 0) is 24.7 Å². The zero-order valence-corrected chi connectivity index (χ0v) is 12.0. The lowest BCUT2D eigenvalue weighted by atomic mass is 9.73. The highest BCUT2D eigenvalue weighted by Gasteiger charge is 2.38. The number of aliphatic hydroxyl groups excluding tert-OH is 1. The summed E-state index contributed by atoms with van der Waals surface area (Å²) >= 11 is 0. The maximum atomic E-state index is 10.2. The zero-order chi connectivity index (χ0) is 13.4. The Bertz CT molecular complexity index is 218. The number of hydrogen-bond donors (Lipinski definition) is 1. The number of rotatable bonds is 8. The fourth-order valence-corrected chi connectivity index (χ4v) is 2.41. The van der Waals surface area contributed by atoms with E-state index in [1.165, 1.54) is 0 Å². The van der Waals surface area contributed by atoms with Gasteiger partial charge in [0.25, 0.3) is 0 Å². The predicted octanol–water partition coefficient (Wildman–Crippen LogP) is 2.00. The lowest BCUT2D eigenvalue weighted by Crippen LogP contribution is -2.44. The summed E-state index contributed by atoms with van der Waals surface area (Å²) in [6.07, 6.45) is 3.67. The summed E-state index contributed by atoms with van der Waals surface area (Å²) in [4.78, 5) is 0. The van der Waals surface area contributed by atoms with Crippen LogP contribution in [-0.2, 0) is 14.2 Å². The Morgan fingerprint density at radius 1 is 1.17 bits per heavy atom. The predicted molar refractivity (Wildman–Crippen MR) is 70.7 cm³/mol. The van der Waals surface area contributed by atoms with E-state index in [-0.39, 0.29) is 17.6 Å². The van der Waals surface area contributed by atoms with Crippen molar-refractivity contribution in [2.75, 3.05) is 33.5 Å². The number of hydrogen-bond acceptors (Lipinski definition) is 4. The monoisotopic (exact) mass is 260 g/mol. The largest absolute Gasteiger partial charge is 0.390 e. The standard InChI is InChI=1S/C14H28O4/c1-14(2)7-4-6-12(13(14)15)18-11-10-17-9-5-8-16-3/h12-13,15H,4-11H2,1-3H3. The van der Waals surface area contributed by atoms with Gasteiger partial charge in [0.1, 0.15) is 0 Å². The second-order valence-electron chi connectivity index (χ2n) is 5.69. The molecule has 0 bridgehead atoms. The molecule has 0 aromatic rings. The summed E-state index contributed by atoms with van der Waals surface area (Å²) < 4.78 is 16.1. The van der Waals surface area contributed by atoms with Crippen LogP contribution in [0.15, 0.2) is 0 Å². The molecule has 0 radical (unpaired) electrons. The van der Waals surface area contributed by atoms with Crippen LogP contribution in [0.4, 0.5) is 0 Å². The molecule has 1 fully saturated rings. The van der Waals surface area contributed by atoms with E-state index in [0.29, 0.717) is 19.8 Å². The van der Waals surface area contributed by atoms with Crippen molar-refractivity contribution in [2.45, 2.75) is 51.7 Å². The van der Waals surface area contributed by atoms with Crippen molar-refractivity contribution >= 4 is 0 Å². The molecular formula is C14H28O4. The Morgan fingerprint density at radius 2 is 1.94 bits per heavy atom. The average molecular weight is 260 g/mol. The van der Waals surface area contributed by atoms with Crippen LogP contribution in [0.1, 0.15) is 39.5 Å². The minimum Gasteiger partial charge on any atom is -0.390 e. The van der Waals surface area contributed by atoms with Gasteiger partial charge in [0.05, 0.1) is 25.4 Å². The second-order valence-corrected chi connectivity index (χ2v) is 5.69. The number of ether oxygens (including phenoxy) is 3. The highest BCUT2D eigenvalue weighted by Crippen LogP contribution is 2.36. The van der Waals surface area contributed by atoms with Crippen molar-refractivity contribution in [3.05, 3.63) is 0 Å². The van der Waals surface area contributed by atoms with E-state index < -0.39 is 0 Å². The van der Waals surface area contributed by atoms with Crippen molar-refractivity contribution in [1.29, 1.82) is 0 Å². The Morgan fingerprint density at radius 3 is 2.67 bits per heavy atom. The maximum absolute atomic E-state index is 10.2. The van der Waals surface area contributed by atoms with Gasteiger partial charge in [-0.15, -0.1) is 0 Å². The summed E-state index contributed by atoms with van der Waals surface area (Å²) in [5, 5.41) is 10.2. The molecule has 108 valence electrons. The topological polar surface area (TPSA) is 47.9 Å². The van der Waals surface area contributed by atoms with Crippen LogP contribution in [0.25, 0.3) is 0 Å². The van der Waals surface area contributed by atoms with Gasteiger partial charge in [0.15, 0.2) is 0 Å². The summed E-state index contributed by atoms with van der Waals surface area (Å²) in [5.74, 6) is 0. The molecule has 0 spiro atoms. The van der Waals surface area contributed by atoms with E-state index in [1.807, 2.05) is 0 Å². The maximum Gasteiger partial charge on any atom is 0.0852 e. The van der Waals surface area contributed by atoms with Crippen LogP contribution in [0, 0.1) is 5.41 Å². The molecule has 0 aromatic heterocycles. The van der Waals surface area contributed by atoms with Crippen LogP contribution >= 0.6 is 0 Å². The highest BCUT2D eigenvalue weighted by atomic mass is 16.5. The molecule has 1 aliphatic carbocycles. The highest BCUT2D eigenvalue weighted by molar-refractivity contribution is 4.88. The van der Waals surface area contributed by atoms with Gasteiger partial charge in [0, 0.05) is 20.3 Å². The van der Waals surface area contributed by atoms with Crippen molar-refractivity contribution in [2.24, 2.45) is 5.41 Å². The molecule has 0 saturated heterocycles. The second kappa shape index (κ2) is 8.10. The molecule has 1 aliphatic rings. The van der Waals surface area contributed by atoms with Crippen LogP contribution in [0.5, 0.6) is 0 Å². The van der Waals surface area contributed by atoms with Crippen LogP contribution < -0.4 is 0 Å². The molecule has 2 atom stereocenters. The van der Waals surface area contributed by atoms with Crippen LogP contribution in [-0.4, -0.2) is 50.9 Å². The molecule has 1 saturated carbocycles. The molecule has 0 amide bonds. The fourth-order valence-electron chi connectivity index (χ4n) is 2.41. The summed E-state index contributed by atoms with van der Waals surface area (Å²) in [7, 11) is 1.69. The molecule has 1 N–H and O–H groups in total. The van der Waals surface area contributed by atoms with E-state index in [2.05, 4.69) is 13.8 Å². The summed E-state index contributed by atoms with van der Waals surface area (Å²) in [6.45, 7) is 6.80. The van der Waals surface area contributed by atoms with E-state index in [1.54, 1.807) is 7.11 Å².